The van der Waals surface area contributed by atoms with Crippen LogP contribution in [-0.2, 0) is 20.1 Å². The third kappa shape index (κ3) is 9.29. The number of hydrogen-bond donors (Lipinski definition) is 0. The average molecular weight is 983 g/mol. The first-order chi connectivity index (χ1) is 29.1. The van der Waals surface area contributed by atoms with Gasteiger partial charge in [0.2, 0.25) is 0 Å². The zero-order valence-electron chi connectivity index (χ0n) is 36.8. The number of fused-ring (bicyclic) bond motifs is 3. The molecule has 9 rings (SSSR count). The largest absolute Gasteiger partial charge is 0.501 e. The Morgan fingerprint density at radius 3 is 1.73 bits per heavy atom. The molecule has 9 heteroatoms. The van der Waals surface area contributed by atoms with Gasteiger partial charge in [-0.3, -0.25) is 0 Å². The molecule has 9 aromatic rings. The van der Waals surface area contributed by atoms with Crippen molar-refractivity contribution in [2.75, 3.05) is 0 Å². The Morgan fingerprint density at radius 2 is 1.19 bits per heavy atom. The first kappa shape index (κ1) is 37.6. The van der Waals surface area contributed by atoms with Crippen molar-refractivity contribution < 1.29 is 28.6 Å². The van der Waals surface area contributed by atoms with Crippen LogP contribution in [0, 0.1) is 19.0 Å². The van der Waals surface area contributed by atoms with Gasteiger partial charge in [0.1, 0.15) is 5.58 Å². The van der Waals surface area contributed by atoms with Crippen LogP contribution >= 0.6 is 0 Å². The SMILES string of the molecule is C[Si](C)(C)c1ccc(-c2nc(-c3ccc([Si](C)(C)C)cc3)nc(-c3ccc4c(c3)oc3c(-c5ccccn5)[c-]ccc34)n2)cc1.[2H]C([2H])([2H])c1ccc(-c2[c-]cccc2)nc1.[Ir]. The number of pyridine rings is 2. The molecule has 0 saturated heterocycles. The summed E-state index contributed by atoms with van der Waals surface area (Å²) in [5, 5.41) is 4.86. The Hall–Kier alpha value is -5.71. The standard InChI is InChI=1S/C38H35N4OSi2.C12H10N.Ir/c1-44(2,3)28-18-13-25(14-19-28)36-40-37(26-15-20-29(21-16-26)45(4,5)6)42-38(41-36)27-17-22-30-31-10-9-11-32(33-12-7-8-23-39-33)35(31)43-34(30)24-27;1-10-7-8-12(13-9-10)11-5-3-2-4-6-11;/h7-10,12-24H,1-6H3;2-5,7-9H,1H3;/q2*-1;/i;1D3;. The molecule has 0 atom stereocenters. The number of benzene rings is 5. The van der Waals surface area contributed by atoms with Crippen molar-refractivity contribution in [3.63, 3.8) is 0 Å². The summed E-state index contributed by atoms with van der Waals surface area (Å²) in [5.74, 6) is 1.92. The Kier molecular flexibility index (Phi) is 11.0. The molecule has 0 aliphatic carbocycles. The van der Waals surface area contributed by atoms with E-state index >= 15 is 0 Å². The summed E-state index contributed by atoms with van der Waals surface area (Å²) >= 11 is 0. The third-order valence-corrected chi connectivity index (χ3v) is 14.1. The van der Waals surface area contributed by atoms with Crippen molar-refractivity contribution in [2.24, 2.45) is 0 Å². The summed E-state index contributed by atoms with van der Waals surface area (Å²) in [4.78, 5) is 23.7. The average Bonchev–Trinajstić information content (AvgIpc) is 3.65. The molecule has 295 valence electrons. The minimum absolute atomic E-state index is 0. The minimum Gasteiger partial charge on any atom is -0.501 e. The molecule has 0 amide bonds. The van der Waals surface area contributed by atoms with Crippen molar-refractivity contribution in [1.82, 2.24) is 24.9 Å². The second-order valence-corrected chi connectivity index (χ2v) is 26.4. The van der Waals surface area contributed by atoms with Crippen LogP contribution in [0.15, 0.2) is 150 Å². The van der Waals surface area contributed by atoms with Crippen molar-refractivity contribution in [1.29, 1.82) is 0 Å². The van der Waals surface area contributed by atoms with Crippen LogP contribution in [0.5, 0.6) is 0 Å². The van der Waals surface area contributed by atoms with E-state index in [1.807, 2.05) is 54.6 Å². The molecule has 4 heterocycles. The maximum absolute atomic E-state index is 7.23. The maximum atomic E-state index is 7.23. The number of nitrogens with zero attached hydrogens (tertiary/aromatic N) is 5. The fraction of sp³-hybridized carbons (Fsp3) is 0.140. The van der Waals surface area contributed by atoms with Crippen LogP contribution in [-0.4, -0.2) is 41.1 Å². The number of aromatic nitrogens is 5. The molecular formula is C50H45IrN5OSi2-2. The van der Waals surface area contributed by atoms with Gasteiger partial charge in [0.25, 0.3) is 0 Å². The van der Waals surface area contributed by atoms with Crippen molar-refractivity contribution >= 4 is 48.5 Å². The monoisotopic (exact) mass is 983 g/mol. The van der Waals surface area contributed by atoms with Crippen molar-refractivity contribution in [2.45, 2.75) is 46.1 Å². The first-order valence-corrected chi connectivity index (χ1v) is 26.3. The molecule has 0 N–H and O–H groups in total. The Balaban J connectivity index is 0.000000286. The molecule has 0 spiro atoms. The molecule has 5 aromatic carbocycles. The van der Waals surface area contributed by atoms with Gasteiger partial charge in [0.15, 0.2) is 17.5 Å². The minimum atomic E-state index is -2.09. The van der Waals surface area contributed by atoms with Gasteiger partial charge < -0.3 is 14.4 Å². The second-order valence-electron chi connectivity index (χ2n) is 16.3. The summed E-state index contributed by atoms with van der Waals surface area (Å²) in [6.07, 6.45) is 3.18. The zero-order valence-corrected chi connectivity index (χ0v) is 38.2. The Morgan fingerprint density at radius 1 is 0.559 bits per heavy atom. The first-order valence-electron chi connectivity index (χ1n) is 20.8. The normalized spacial score (nSPS) is 12.5. The summed E-state index contributed by atoms with van der Waals surface area (Å²) in [5.41, 5.74) is 7.87. The summed E-state index contributed by atoms with van der Waals surface area (Å²) in [6.45, 7) is 12.1. The topological polar surface area (TPSA) is 77.6 Å². The van der Waals surface area contributed by atoms with E-state index in [2.05, 4.69) is 122 Å². The molecule has 0 aliphatic rings. The number of rotatable bonds is 7. The van der Waals surface area contributed by atoms with Crippen LogP contribution in [0.1, 0.15) is 9.68 Å². The Labute approximate surface area is 366 Å². The molecular weight excluding hydrogens is 935 g/mol. The van der Waals surface area contributed by atoms with Gasteiger partial charge >= 0.3 is 0 Å². The van der Waals surface area contributed by atoms with Gasteiger partial charge in [-0.25, -0.2) is 15.0 Å². The molecule has 0 saturated carbocycles. The van der Waals surface area contributed by atoms with E-state index < -0.39 is 23.0 Å². The van der Waals surface area contributed by atoms with E-state index in [1.165, 1.54) is 16.6 Å². The van der Waals surface area contributed by atoms with E-state index in [1.54, 1.807) is 24.4 Å². The van der Waals surface area contributed by atoms with E-state index in [0.717, 1.165) is 61.1 Å². The van der Waals surface area contributed by atoms with E-state index in [0.29, 0.717) is 17.5 Å². The summed E-state index contributed by atoms with van der Waals surface area (Å²) in [6, 6.07) is 50.6. The van der Waals surface area contributed by atoms with E-state index in [9.17, 15) is 0 Å². The number of hydrogen-bond acceptors (Lipinski definition) is 6. The third-order valence-electron chi connectivity index (χ3n) is 10.0. The Bertz CT molecular complexity index is 2880. The smallest absolute Gasteiger partial charge is 0.164 e. The van der Waals surface area contributed by atoms with E-state index in [4.69, 9.17) is 23.5 Å². The van der Waals surface area contributed by atoms with Gasteiger partial charge in [-0.15, -0.1) is 54.1 Å². The molecule has 0 aliphatic heterocycles. The summed E-state index contributed by atoms with van der Waals surface area (Å²) in [7, 11) is -2.88. The van der Waals surface area contributed by atoms with Gasteiger partial charge in [-0.2, -0.15) is 0 Å². The van der Waals surface area contributed by atoms with Crippen molar-refractivity contribution in [3.8, 4) is 56.7 Å². The van der Waals surface area contributed by atoms with Crippen LogP contribution in [0.2, 0.25) is 39.3 Å². The molecule has 1 radical (unpaired) electrons. The fourth-order valence-electron chi connectivity index (χ4n) is 6.69. The van der Waals surface area contributed by atoms with Gasteiger partial charge in [-0.05, 0) is 35.9 Å². The second kappa shape index (κ2) is 17.3. The van der Waals surface area contributed by atoms with Crippen molar-refractivity contribution in [3.05, 3.63) is 164 Å². The predicted molar refractivity (Wildman–Crippen MR) is 245 cm³/mol. The van der Waals surface area contributed by atoms with Gasteiger partial charge in [0, 0.05) is 58.7 Å². The molecule has 4 aromatic heterocycles. The summed E-state index contributed by atoms with van der Waals surface area (Å²) < 4.78 is 28.2. The van der Waals surface area contributed by atoms with Gasteiger partial charge in [0.05, 0.1) is 21.7 Å². The molecule has 6 nitrogen and oxygen atoms in total. The zero-order chi connectivity index (χ0) is 42.9. The van der Waals surface area contributed by atoms with Crippen LogP contribution in [0.25, 0.3) is 78.6 Å². The molecule has 0 bridgehead atoms. The number of aryl methyl sites for hydroxylation is 1. The van der Waals surface area contributed by atoms with Gasteiger partial charge in [-0.1, -0.05) is 146 Å². The molecule has 59 heavy (non-hydrogen) atoms. The van der Waals surface area contributed by atoms with E-state index in [-0.39, 0.29) is 25.7 Å². The maximum Gasteiger partial charge on any atom is 0.164 e. The molecule has 0 fully saturated rings. The number of furan rings is 1. The predicted octanol–water partition coefficient (Wildman–Crippen LogP) is 11.6. The van der Waals surface area contributed by atoms with Crippen LogP contribution in [0.4, 0.5) is 0 Å². The fourth-order valence-corrected chi connectivity index (χ4v) is 9.02. The molecule has 0 unspecified atom stereocenters. The van der Waals surface area contributed by atoms with Crippen LogP contribution in [0.3, 0.4) is 0 Å². The quantitative estimate of drug-likeness (QED) is 0.117. The van der Waals surface area contributed by atoms with Crippen LogP contribution < -0.4 is 10.4 Å².